The van der Waals surface area contributed by atoms with Crippen molar-refractivity contribution in [1.29, 1.82) is 5.26 Å². The zero-order valence-electron chi connectivity index (χ0n) is 11.2. The fraction of sp³-hybridized carbons (Fsp3) is 0.533. The van der Waals surface area contributed by atoms with E-state index in [0.717, 1.165) is 49.0 Å². The summed E-state index contributed by atoms with van der Waals surface area (Å²) in [6.07, 6.45) is 2.74. The molecule has 2 aliphatic rings. The van der Waals surface area contributed by atoms with Crippen LogP contribution >= 0.6 is 0 Å². The zero-order valence-corrected chi connectivity index (χ0v) is 11.2. The maximum Gasteiger partial charge on any atom is 0.101 e. The normalized spacial score (nSPS) is 20.3. The molecule has 4 nitrogen and oxygen atoms in total. The number of hydrogen-bond donors (Lipinski definition) is 1. The molecule has 100 valence electrons. The van der Waals surface area contributed by atoms with Crippen LogP contribution in [0.25, 0.3) is 0 Å². The van der Waals surface area contributed by atoms with Crippen LogP contribution in [0, 0.1) is 11.3 Å². The molecule has 1 saturated carbocycles. The van der Waals surface area contributed by atoms with Crippen LogP contribution in [0.3, 0.4) is 0 Å². The average molecular weight is 256 g/mol. The Hall–Kier alpha value is -1.57. The number of nitrogens with two attached hydrogens (primary N) is 1. The monoisotopic (exact) mass is 256 g/mol. The molecule has 0 bridgehead atoms. The van der Waals surface area contributed by atoms with Gasteiger partial charge < -0.3 is 10.6 Å². The molecule has 19 heavy (non-hydrogen) atoms. The van der Waals surface area contributed by atoms with Crippen molar-refractivity contribution < 1.29 is 0 Å². The summed E-state index contributed by atoms with van der Waals surface area (Å²) in [6.45, 7) is 4.77. The van der Waals surface area contributed by atoms with Gasteiger partial charge in [0.05, 0.1) is 11.3 Å². The summed E-state index contributed by atoms with van der Waals surface area (Å²) in [4.78, 5) is 4.91. The van der Waals surface area contributed by atoms with Crippen molar-refractivity contribution in [2.24, 2.45) is 5.73 Å². The second-order valence-corrected chi connectivity index (χ2v) is 5.42. The molecule has 1 aromatic rings. The van der Waals surface area contributed by atoms with E-state index in [-0.39, 0.29) is 0 Å². The summed E-state index contributed by atoms with van der Waals surface area (Å²) in [7, 11) is 0. The number of benzene rings is 1. The van der Waals surface area contributed by atoms with E-state index < -0.39 is 0 Å². The Morgan fingerprint density at radius 1 is 1.21 bits per heavy atom. The molecule has 0 radical (unpaired) electrons. The SMILES string of the molecule is N#Cc1cc(CN)ccc1N1CCN(C2CC2)CC1. The lowest BCUT2D eigenvalue weighted by Gasteiger charge is -2.36. The highest BCUT2D eigenvalue weighted by Crippen LogP contribution is 2.29. The highest BCUT2D eigenvalue weighted by atomic mass is 15.3. The standard InChI is InChI=1S/C15H20N4/c16-10-12-1-4-15(13(9-12)11-17)19-7-5-18(6-8-19)14-2-3-14/h1,4,9,14H,2-3,5-8,10,16H2. The van der Waals surface area contributed by atoms with Gasteiger partial charge in [-0.05, 0) is 30.5 Å². The highest BCUT2D eigenvalue weighted by Gasteiger charge is 2.31. The van der Waals surface area contributed by atoms with Crippen LogP contribution in [0.1, 0.15) is 24.0 Å². The molecule has 3 rings (SSSR count). The zero-order chi connectivity index (χ0) is 13.2. The molecule has 0 amide bonds. The molecule has 1 aromatic carbocycles. The predicted molar refractivity (Wildman–Crippen MR) is 75.9 cm³/mol. The fourth-order valence-corrected chi connectivity index (χ4v) is 2.84. The quantitative estimate of drug-likeness (QED) is 0.885. The maximum atomic E-state index is 9.29. The first-order valence-corrected chi connectivity index (χ1v) is 7.04. The first-order valence-electron chi connectivity index (χ1n) is 7.04. The minimum atomic E-state index is 0.490. The van der Waals surface area contributed by atoms with Crippen molar-refractivity contribution >= 4 is 5.69 Å². The maximum absolute atomic E-state index is 9.29. The Bertz CT molecular complexity index is 493. The largest absolute Gasteiger partial charge is 0.368 e. The molecule has 0 atom stereocenters. The van der Waals surface area contributed by atoms with E-state index in [1.165, 1.54) is 12.8 Å². The molecule has 2 N–H and O–H groups in total. The first kappa shape index (κ1) is 12.5. The topological polar surface area (TPSA) is 56.3 Å². The second-order valence-electron chi connectivity index (χ2n) is 5.42. The summed E-state index contributed by atoms with van der Waals surface area (Å²) >= 11 is 0. The van der Waals surface area contributed by atoms with E-state index in [1.807, 2.05) is 18.2 Å². The molecule has 0 unspecified atom stereocenters. The van der Waals surface area contributed by atoms with Gasteiger partial charge in [0.2, 0.25) is 0 Å². The van der Waals surface area contributed by atoms with Crippen molar-refractivity contribution in [2.45, 2.75) is 25.4 Å². The minimum absolute atomic E-state index is 0.490. The van der Waals surface area contributed by atoms with E-state index in [4.69, 9.17) is 5.73 Å². The molecule has 1 saturated heterocycles. The lowest BCUT2D eigenvalue weighted by atomic mass is 10.1. The molecule has 1 aliphatic heterocycles. The third kappa shape index (κ3) is 2.58. The Balaban J connectivity index is 1.73. The van der Waals surface area contributed by atoms with Gasteiger partial charge in [0.15, 0.2) is 0 Å². The number of anilines is 1. The Kier molecular flexibility index (Phi) is 3.41. The summed E-state index contributed by atoms with van der Waals surface area (Å²) < 4.78 is 0. The smallest absolute Gasteiger partial charge is 0.101 e. The van der Waals surface area contributed by atoms with Gasteiger partial charge in [-0.25, -0.2) is 0 Å². The third-order valence-corrected chi connectivity index (χ3v) is 4.14. The van der Waals surface area contributed by atoms with Gasteiger partial charge in [0.25, 0.3) is 0 Å². The van der Waals surface area contributed by atoms with Crippen molar-refractivity contribution in [3.05, 3.63) is 29.3 Å². The van der Waals surface area contributed by atoms with E-state index in [2.05, 4.69) is 15.9 Å². The van der Waals surface area contributed by atoms with Gasteiger partial charge in [0.1, 0.15) is 6.07 Å². The summed E-state index contributed by atoms with van der Waals surface area (Å²) in [6, 6.07) is 9.15. The third-order valence-electron chi connectivity index (χ3n) is 4.14. The van der Waals surface area contributed by atoms with Crippen molar-refractivity contribution in [3.8, 4) is 6.07 Å². The fourth-order valence-electron chi connectivity index (χ4n) is 2.84. The number of hydrogen-bond acceptors (Lipinski definition) is 4. The Morgan fingerprint density at radius 3 is 2.53 bits per heavy atom. The van der Waals surface area contributed by atoms with Gasteiger partial charge in [-0.2, -0.15) is 5.26 Å². The van der Waals surface area contributed by atoms with Gasteiger partial charge in [-0.1, -0.05) is 6.07 Å². The lowest BCUT2D eigenvalue weighted by molar-refractivity contribution is 0.248. The van der Waals surface area contributed by atoms with Gasteiger partial charge >= 0.3 is 0 Å². The Labute approximate surface area is 114 Å². The lowest BCUT2D eigenvalue weighted by Crippen LogP contribution is -2.47. The predicted octanol–water partition coefficient (Wildman–Crippen LogP) is 1.30. The number of nitriles is 1. The molecule has 0 aromatic heterocycles. The van der Waals surface area contributed by atoms with Gasteiger partial charge in [0, 0.05) is 38.8 Å². The van der Waals surface area contributed by atoms with Crippen LogP contribution in [0.15, 0.2) is 18.2 Å². The second kappa shape index (κ2) is 5.20. The number of nitrogens with zero attached hydrogens (tertiary/aromatic N) is 3. The van der Waals surface area contributed by atoms with E-state index >= 15 is 0 Å². The van der Waals surface area contributed by atoms with Crippen LogP contribution in [0.5, 0.6) is 0 Å². The molecular formula is C15H20N4. The molecular weight excluding hydrogens is 236 g/mol. The van der Waals surface area contributed by atoms with Crippen molar-refractivity contribution in [1.82, 2.24) is 4.90 Å². The molecule has 4 heteroatoms. The van der Waals surface area contributed by atoms with Crippen molar-refractivity contribution in [3.63, 3.8) is 0 Å². The first-order chi connectivity index (χ1) is 9.31. The number of rotatable bonds is 3. The van der Waals surface area contributed by atoms with Crippen LogP contribution < -0.4 is 10.6 Å². The highest BCUT2D eigenvalue weighted by molar-refractivity contribution is 5.60. The molecule has 1 aliphatic carbocycles. The minimum Gasteiger partial charge on any atom is -0.368 e. The average Bonchev–Trinajstić information content (AvgIpc) is 3.31. The molecule has 0 spiro atoms. The summed E-state index contributed by atoms with van der Waals surface area (Å²) in [5, 5.41) is 9.29. The van der Waals surface area contributed by atoms with Gasteiger partial charge in [-0.15, -0.1) is 0 Å². The van der Waals surface area contributed by atoms with Crippen LogP contribution in [0.4, 0.5) is 5.69 Å². The van der Waals surface area contributed by atoms with Crippen molar-refractivity contribution in [2.75, 3.05) is 31.1 Å². The molecule has 2 fully saturated rings. The molecule has 1 heterocycles. The summed E-state index contributed by atoms with van der Waals surface area (Å²) in [5.74, 6) is 0. The van der Waals surface area contributed by atoms with E-state index in [9.17, 15) is 5.26 Å². The van der Waals surface area contributed by atoms with E-state index in [0.29, 0.717) is 6.54 Å². The Morgan fingerprint density at radius 2 is 1.95 bits per heavy atom. The summed E-state index contributed by atoms with van der Waals surface area (Å²) in [5.41, 5.74) is 8.47. The van der Waals surface area contributed by atoms with Crippen LogP contribution in [0.2, 0.25) is 0 Å². The van der Waals surface area contributed by atoms with Crippen LogP contribution in [-0.2, 0) is 6.54 Å². The van der Waals surface area contributed by atoms with Gasteiger partial charge in [-0.3, -0.25) is 4.90 Å². The van der Waals surface area contributed by atoms with Crippen LogP contribution in [-0.4, -0.2) is 37.1 Å². The van der Waals surface area contributed by atoms with E-state index in [1.54, 1.807) is 0 Å². The number of piperazine rings is 1.